The van der Waals surface area contributed by atoms with Gasteiger partial charge in [-0.1, -0.05) is 12.1 Å². The number of aliphatic hydroxyl groups excluding tert-OH is 1. The third-order valence-electron chi connectivity index (χ3n) is 4.25. The first-order chi connectivity index (χ1) is 11.6. The molecule has 1 aliphatic heterocycles. The third-order valence-corrected chi connectivity index (χ3v) is 4.25. The van der Waals surface area contributed by atoms with Crippen molar-refractivity contribution in [3.63, 3.8) is 0 Å². The molecule has 0 aromatic heterocycles. The van der Waals surface area contributed by atoms with Crippen LogP contribution in [0.15, 0.2) is 36.4 Å². The van der Waals surface area contributed by atoms with Crippen molar-refractivity contribution in [1.82, 2.24) is 0 Å². The Kier molecular flexibility index (Phi) is 3.50. The number of rotatable bonds is 2. The molecule has 122 valence electrons. The Morgan fingerprint density at radius 1 is 1.25 bits per heavy atom. The summed E-state index contributed by atoms with van der Waals surface area (Å²) in [6, 6.07) is 10.9. The van der Waals surface area contributed by atoms with Crippen LogP contribution in [0.3, 0.4) is 0 Å². The number of hydrogen-bond acceptors (Lipinski definition) is 5. The van der Waals surface area contributed by atoms with Crippen LogP contribution in [-0.2, 0) is 15.3 Å². The summed E-state index contributed by atoms with van der Waals surface area (Å²) in [6.07, 6.45) is -0.520. The highest BCUT2D eigenvalue weighted by atomic mass is 19.1. The van der Waals surface area contributed by atoms with Gasteiger partial charge >= 0.3 is 0 Å². The highest BCUT2D eigenvalue weighted by Crippen LogP contribution is 2.52. The normalized spacial score (nSPS) is 20.8. The van der Waals surface area contributed by atoms with Gasteiger partial charge in [0.15, 0.2) is 5.79 Å². The monoisotopic (exact) mass is 327 g/mol. The van der Waals surface area contributed by atoms with E-state index in [0.717, 1.165) is 11.6 Å². The maximum Gasteiger partial charge on any atom is 0.198 e. The molecule has 1 aliphatic carbocycles. The lowest BCUT2D eigenvalue weighted by Gasteiger charge is -2.22. The smallest absolute Gasteiger partial charge is 0.198 e. The summed E-state index contributed by atoms with van der Waals surface area (Å²) in [6.45, 7) is 0.930. The number of nitrogens with zero attached hydrogens (tertiary/aromatic N) is 1. The van der Waals surface area contributed by atoms with Crippen LogP contribution >= 0.6 is 0 Å². The van der Waals surface area contributed by atoms with Crippen LogP contribution in [0.1, 0.15) is 29.2 Å². The van der Waals surface area contributed by atoms with Gasteiger partial charge in [0.25, 0.3) is 0 Å². The zero-order valence-corrected chi connectivity index (χ0v) is 12.7. The van der Waals surface area contributed by atoms with Crippen LogP contribution in [0.4, 0.5) is 4.39 Å². The molecule has 1 spiro atoms. The van der Waals surface area contributed by atoms with Gasteiger partial charge in [-0.3, -0.25) is 0 Å². The fraction of sp³-hybridized carbons (Fsp3) is 0.278. The molecule has 4 rings (SSSR count). The summed E-state index contributed by atoms with van der Waals surface area (Å²) < 4.78 is 30.8. The number of nitriles is 1. The molecule has 2 aromatic carbocycles. The van der Waals surface area contributed by atoms with E-state index in [1.165, 1.54) is 12.1 Å². The minimum atomic E-state index is -0.937. The zero-order valence-electron chi connectivity index (χ0n) is 12.7. The first-order valence-electron chi connectivity index (χ1n) is 7.59. The quantitative estimate of drug-likeness (QED) is 0.917. The molecule has 1 heterocycles. The van der Waals surface area contributed by atoms with E-state index in [2.05, 4.69) is 0 Å². The van der Waals surface area contributed by atoms with Crippen molar-refractivity contribution in [3.8, 4) is 17.6 Å². The van der Waals surface area contributed by atoms with Crippen molar-refractivity contribution < 1.29 is 23.7 Å². The van der Waals surface area contributed by atoms with Crippen molar-refractivity contribution in [1.29, 1.82) is 5.26 Å². The van der Waals surface area contributed by atoms with E-state index in [1.54, 1.807) is 12.1 Å². The van der Waals surface area contributed by atoms with Crippen molar-refractivity contribution in [2.45, 2.75) is 18.3 Å². The largest absolute Gasteiger partial charge is 0.457 e. The maximum absolute atomic E-state index is 13.6. The number of benzene rings is 2. The number of aliphatic hydroxyl groups is 1. The molecule has 5 nitrogen and oxygen atoms in total. The molecular formula is C18H14FNO4. The Morgan fingerprint density at radius 2 is 2.04 bits per heavy atom. The van der Waals surface area contributed by atoms with Crippen molar-refractivity contribution in [2.24, 2.45) is 0 Å². The van der Waals surface area contributed by atoms with Crippen LogP contribution < -0.4 is 4.74 Å². The van der Waals surface area contributed by atoms with E-state index in [9.17, 15) is 9.50 Å². The summed E-state index contributed by atoms with van der Waals surface area (Å²) >= 11 is 0. The minimum Gasteiger partial charge on any atom is -0.457 e. The molecule has 0 bridgehead atoms. The molecule has 2 aromatic rings. The van der Waals surface area contributed by atoms with Gasteiger partial charge in [0.1, 0.15) is 17.3 Å². The SMILES string of the molecule is N#Cc1cc(F)cc(Oc2cccc3c2C(O)CC32OCCO2)c1. The van der Waals surface area contributed by atoms with E-state index in [0.29, 0.717) is 24.5 Å². The first-order valence-corrected chi connectivity index (χ1v) is 7.59. The molecule has 6 heteroatoms. The first kappa shape index (κ1) is 15.1. The summed E-state index contributed by atoms with van der Waals surface area (Å²) in [5.74, 6) is -0.906. The lowest BCUT2D eigenvalue weighted by atomic mass is 10.1. The van der Waals surface area contributed by atoms with Crippen LogP contribution in [-0.4, -0.2) is 18.3 Å². The second kappa shape index (κ2) is 5.56. The van der Waals surface area contributed by atoms with E-state index >= 15 is 0 Å². The second-order valence-electron chi connectivity index (χ2n) is 5.78. The summed E-state index contributed by atoms with van der Waals surface area (Å²) in [4.78, 5) is 0. The standard InChI is InChI=1S/C18H14FNO4/c19-12-6-11(10-20)7-13(8-12)24-16-3-1-2-14-17(16)15(21)9-18(14)22-4-5-23-18/h1-3,6-8,15,21H,4-5,9H2. The van der Waals surface area contributed by atoms with Gasteiger partial charge in [0.2, 0.25) is 0 Å². The summed E-state index contributed by atoms with van der Waals surface area (Å²) in [5.41, 5.74) is 1.46. The van der Waals surface area contributed by atoms with Gasteiger partial charge in [0.05, 0.1) is 31.0 Å². The van der Waals surface area contributed by atoms with Crippen molar-refractivity contribution >= 4 is 0 Å². The maximum atomic E-state index is 13.6. The van der Waals surface area contributed by atoms with Crippen LogP contribution in [0.2, 0.25) is 0 Å². The molecule has 1 atom stereocenters. The molecule has 24 heavy (non-hydrogen) atoms. The van der Waals surface area contributed by atoms with Crippen LogP contribution in [0.25, 0.3) is 0 Å². The Morgan fingerprint density at radius 3 is 2.79 bits per heavy atom. The minimum absolute atomic E-state index is 0.164. The highest BCUT2D eigenvalue weighted by Gasteiger charge is 2.49. The lowest BCUT2D eigenvalue weighted by Crippen LogP contribution is -2.23. The van der Waals surface area contributed by atoms with E-state index in [1.807, 2.05) is 12.1 Å². The van der Waals surface area contributed by atoms with Crippen molar-refractivity contribution in [3.05, 3.63) is 58.9 Å². The molecular weight excluding hydrogens is 313 g/mol. The Bertz CT molecular complexity index is 839. The second-order valence-corrected chi connectivity index (χ2v) is 5.78. The van der Waals surface area contributed by atoms with Gasteiger partial charge in [-0.2, -0.15) is 5.26 Å². The fourth-order valence-electron chi connectivity index (χ4n) is 3.32. The van der Waals surface area contributed by atoms with Gasteiger partial charge in [-0.05, 0) is 18.2 Å². The van der Waals surface area contributed by atoms with Gasteiger partial charge in [-0.25, -0.2) is 4.39 Å². The molecule has 2 aliphatic rings. The third kappa shape index (κ3) is 2.34. The van der Waals surface area contributed by atoms with Crippen molar-refractivity contribution in [2.75, 3.05) is 13.2 Å². The Hall–Kier alpha value is -2.46. The Labute approximate surface area is 137 Å². The molecule has 1 saturated heterocycles. The molecule has 1 fully saturated rings. The molecule has 1 unspecified atom stereocenters. The van der Waals surface area contributed by atoms with Gasteiger partial charge < -0.3 is 19.3 Å². The molecule has 0 amide bonds. The average Bonchev–Trinajstić information content (AvgIpc) is 3.13. The number of fused-ring (bicyclic) bond motifs is 2. The Balaban J connectivity index is 1.75. The van der Waals surface area contributed by atoms with Crippen LogP contribution in [0.5, 0.6) is 11.5 Å². The summed E-state index contributed by atoms with van der Waals surface area (Å²) in [5, 5.41) is 19.4. The molecule has 1 N–H and O–H groups in total. The fourth-order valence-corrected chi connectivity index (χ4v) is 3.32. The molecule has 0 radical (unpaired) electrons. The topological polar surface area (TPSA) is 71.7 Å². The lowest BCUT2D eigenvalue weighted by molar-refractivity contribution is -0.174. The average molecular weight is 327 g/mol. The van der Waals surface area contributed by atoms with Gasteiger partial charge in [0, 0.05) is 23.6 Å². The number of ether oxygens (including phenoxy) is 3. The van der Waals surface area contributed by atoms with Gasteiger partial charge in [-0.15, -0.1) is 0 Å². The van der Waals surface area contributed by atoms with E-state index < -0.39 is 17.7 Å². The highest BCUT2D eigenvalue weighted by molar-refractivity contribution is 5.50. The van der Waals surface area contributed by atoms with E-state index in [-0.39, 0.29) is 17.7 Å². The van der Waals surface area contributed by atoms with Crippen LogP contribution in [0, 0.1) is 17.1 Å². The predicted molar refractivity (Wildman–Crippen MR) is 80.8 cm³/mol. The van der Waals surface area contributed by atoms with E-state index in [4.69, 9.17) is 19.5 Å². The number of halogens is 1. The zero-order chi connectivity index (χ0) is 16.7. The predicted octanol–water partition coefficient (Wildman–Crippen LogP) is 3.13. The summed E-state index contributed by atoms with van der Waals surface area (Å²) in [7, 11) is 0. The molecule has 0 saturated carbocycles. The number of hydrogen-bond donors (Lipinski definition) is 1.